The van der Waals surface area contributed by atoms with Gasteiger partial charge in [0.15, 0.2) is 0 Å². The highest BCUT2D eigenvalue weighted by Gasteiger charge is 2.21. The summed E-state index contributed by atoms with van der Waals surface area (Å²) in [6, 6.07) is 9.83. The third-order valence-electron chi connectivity index (χ3n) is 2.52. The van der Waals surface area contributed by atoms with Crippen LogP contribution in [0.25, 0.3) is 0 Å². The van der Waals surface area contributed by atoms with E-state index in [1.54, 1.807) is 0 Å². The number of hydrogen-bond acceptors (Lipinski definition) is 3. The summed E-state index contributed by atoms with van der Waals surface area (Å²) in [6.45, 7) is 2.14. The molecule has 0 saturated carbocycles. The SMILES string of the molecule is CC(N)C(c1ccccc1)N(C)CC(N)=O. The summed E-state index contributed by atoms with van der Waals surface area (Å²) in [6.07, 6.45) is 0. The van der Waals surface area contributed by atoms with E-state index in [2.05, 4.69) is 0 Å². The van der Waals surface area contributed by atoms with E-state index in [0.29, 0.717) is 0 Å². The predicted octanol–water partition coefficient (Wildman–Crippen LogP) is 0.492. The minimum absolute atomic E-state index is 0.00806. The van der Waals surface area contributed by atoms with Crippen LogP contribution in [0.1, 0.15) is 18.5 Å². The molecule has 0 aliphatic carbocycles. The van der Waals surface area contributed by atoms with E-state index in [1.165, 1.54) is 0 Å². The summed E-state index contributed by atoms with van der Waals surface area (Å²) in [5.41, 5.74) is 12.2. The topological polar surface area (TPSA) is 72.3 Å². The van der Waals surface area contributed by atoms with Gasteiger partial charge in [-0.15, -0.1) is 0 Å². The first-order valence-electron chi connectivity index (χ1n) is 5.31. The summed E-state index contributed by atoms with van der Waals surface area (Å²) in [4.78, 5) is 12.8. The lowest BCUT2D eigenvalue weighted by Gasteiger charge is -2.30. The Morgan fingerprint density at radius 2 is 1.94 bits per heavy atom. The van der Waals surface area contributed by atoms with Gasteiger partial charge in [-0.3, -0.25) is 9.69 Å². The number of primary amides is 1. The molecule has 4 nitrogen and oxygen atoms in total. The highest BCUT2D eigenvalue weighted by Crippen LogP contribution is 2.21. The molecule has 4 N–H and O–H groups in total. The van der Waals surface area contributed by atoms with E-state index in [0.717, 1.165) is 5.56 Å². The summed E-state index contributed by atoms with van der Waals surface area (Å²) in [5.74, 6) is -0.343. The van der Waals surface area contributed by atoms with Crippen LogP contribution >= 0.6 is 0 Å². The van der Waals surface area contributed by atoms with E-state index in [1.807, 2.05) is 49.2 Å². The molecule has 16 heavy (non-hydrogen) atoms. The Bertz CT molecular complexity index is 337. The number of carbonyl (C=O) groups is 1. The summed E-state index contributed by atoms with van der Waals surface area (Å²) in [7, 11) is 1.85. The molecule has 0 fully saturated rings. The molecule has 88 valence electrons. The average molecular weight is 221 g/mol. The largest absolute Gasteiger partial charge is 0.369 e. The van der Waals surface area contributed by atoms with Crippen molar-refractivity contribution in [1.82, 2.24) is 4.90 Å². The molecule has 0 radical (unpaired) electrons. The van der Waals surface area contributed by atoms with Gasteiger partial charge in [0, 0.05) is 12.1 Å². The van der Waals surface area contributed by atoms with Crippen molar-refractivity contribution >= 4 is 5.91 Å². The zero-order chi connectivity index (χ0) is 12.1. The van der Waals surface area contributed by atoms with Crippen molar-refractivity contribution in [3.8, 4) is 0 Å². The Balaban J connectivity index is 2.87. The van der Waals surface area contributed by atoms with Crippen LogP contribution in [-0.2, 0) is 4.79 Å². The van der Waals surface area contributed by atoms with Crippen molar-refractivity contribution in [3.05, 3.63) is 35.9 Å². The Hall–Kier alpha value is -1.39. The molecular formula is C12H19N3O. The molecule has 1 rings (SSSR count). The molecule has 4 heteroatoms. The number of hydrogen-bond donors (Lipinski definition) is 2. The lowest BCUT2D eigenvalue weighted by Crippen LogP contribution is -2.41. The van der Waals surface area contributed by atoms with Crippen molar-refractivity contribution in [2.75, 3.05) is 13.6 Å². The van der Waals surface area contributed by atoms with Crippen LogP contribution in [-0.4, -0.2) is 30.4 Å². The predicted molar refractivity (Wildman–Crippen MR) is 64.7 cm³/mol. The standard InChI is InChI=1S/C12H19N3O/c1-9(13)12(15(2)8-11(14)16)10-6-4-3-5-7-10/h3-7,9,12H,8,13H2,1-2H3,(H2,14,16). The molecule has 0 bridgehead atoms. The quantitative estimate of drug-likeness (QED) is 0.760. The van der Waals surface area contributed by atoms with Gasteiger partial charge in [0.05, 0.1) is 6.54 Å². The molecule has 1 aromatic carbocycles. The van der Waals surface area contributed by atoms with Crippen LogP contribution in [0.4, 0.5) is 0 Å². The maximum absolute atomic E-state index is 10.9. The number of nitrogens with zero attached hydrogens (tertiary/aromatic N) is 1. The molecule has 1 amide bonds. The smallest absolute Gasteiger partial charge is 0.231 e. The molecule has 0 aromatic heterocycles. The number of likely N-dealkylation sites (N-methyl/N-ethyl adjacent to an activating group) is 1. The maximum Gasteiger partial charge on any atom is 0.231 e. The summed E-state index contributed by atoms with van der Waals surface area (Å²) in [5, 5.41) is 0. The van der Waals surface area contributed by atoms with Crippen LogP contribution in [0.15, 0.2) is 30.3 Å². The molecule has 0 aliphatic rings. The van der Waals surface area contributed by atoms with Crippen molar-refractivity contribution in [2.45, 2.75) is 19.0 Å². The summed E-state index contributed by atoms with van der Waals surface area (Å²) >= 11 is 0. The summed E-state index contributed by atoms with van der Waals surface area (Å²) < 4.78 is 0. The highest BCUT2D eigenvalue weighted by molar-refractivity contribution is 5.75. The fraction of sp³-hybridized carbons (Fsp3) is 0.417. The van der Waals surface area contributed by atoms with E-state index in [-0.39, 0.29) is 24.5 Å². The van der Waals surface area contributed by atoms with Crippen LogP contribution in [0.2, 0.25) is 0 Å². The number of rotatable bonds is 5. The van der Waals surface area contributed by atoms with Gasteiger partial charge in [-0.1, -0.05) is 30.3 Å². The van der Waals surface area contributed by atoms with Gasteiger partial charge in [0.1, 0.15) is 0 Å². The van der Waals surface area contributed by atoms with E-state index in [4.69, 9.17) is 11.5 Å². The normalized spacial score (nSPS) is 14.8. The fourth-order valence-corrected chi connectivity index (χ4v) is 1.95. The monoisotopic (exact) mass is 221 g/mol. The van der Waals surface area contributed by atoms with Gasteiger partial charge in [0.25, 0.3) is 0 Å². The van der Waals surface area contributed by atoms with Crippen molar-refractivity contribution in [1.29, 1.82) is 0 Å². The first kappa shape index (κ1) is 12.7. The Labute approximate surface area is 96.2 Å². The lowest BCUT2D eigenvalue weighted by atomic mass is 10.00. The lowest BCUT2D eigenvalue weighted by molar-refractivity contribution is -0.119. The Morgan fingerprint density at radius 1 is 1.38 bits per heavy atom. The highest BCUT2D eigenvalue weighted by atomic mass is 16.1. The molecule has 1 aromatic rings. The molecule has 0 heterocycles. The number of amides is 1. The second-order valence-electron chi connectivity index (χ2n) is 4.10. The first-order chi connectivity index (χ1) is 7.52. The minimum Gasteiger partial charge on any atom is -0.369 e. The zero-order valence-electron chi connectivity index (χ0n) is 9.76. The van der Waals surface area contributed by atoms with Gasteiger partial charge in [-0.05, 0) is 19.5 Å². The minimum atomic E-state index is -0.343. The van der Waals surface area contributed by atoms with Gasteiger partial charge in [-0.25, -0.2) is 0 Å². The average Bonchev–Trinajstić information content (AvgIpc) is 2.17. The van der Waals surface area contributed by atoms with Crippen LogP contribution in [0.3, 0.4) is 0 Å². The first-order valence-corrected chi connectivity index (χ1v) is 5.31. The Kier molecular flexibility index (Phi) is 4.46. The second-order valence-corrected chi connectivity index (χ2v) is 4.10. The molecular weight excluding hydrogens is 202 g/mol. The van der Waals surface area contributed by atoms with Gasteiger partial charge >= 0.3 is 0 Å². The van der Waals surface area contributed by atoms with Crippen LogP contribution in [0, 0.1) is 0 Å². The number of carbonyl (C=O) groups excluding carboxylic acids is 1. The van der Waals surface area contributed by atoms with E-state index >= 15 is 0 Å². The van der Waals surface area contributed by atoms with Crippen LogP contribution in [0.5, 0.6) is 0 Å². The molecule has 0 aliphatic heterocycles. The van der Waals surface area contributed by atoms with Crippen molar-refractivity contribution in [3.63, 3.8) is 0 Å². The van der Waals surface area contributed by atoms with Crippen molar-refractivity contribution < 1.29 is 4.79 Å². The third-order valence-corrected chi connectivity index (χ3v) is 2.52. The molecule has 0 spiro atoms. The van der Waals surface area contributed by atoms with Crippen LogP contribution < -0.4 is 11.5 Å². The van der Waals surface area contributed by atoms with Gasteiger partial charge in [-0.2, -0.15) is 0 Å². The molecule has 2 unspecified atom stereocenters. The third kappa shape index (κ3) is 3.32. The maximum atomic E-state index is 10.9. The second kappa shape index (κ2) is 5.63. The van der Waals surface area contributed by atoms with E-state index < -0.39 is 0 Å². The molecule has 2 atom stereocenters. The Morgan fingerprint density at radius 3 is 2.38 bits per heavy atom. The van der Waals surface area contributed by atoms with Gasteiger partial charge in [0.2, 0.25) is 5.91 Å². The van der Waals surface area contributed by atoms with Gasteiger partial charge < -0.3 is 11.5 Å². The number of benzene rings is 1. The van der Waals surface area contributed by atoms with Crippen molar-refractivity contribution in [2.24, 2.45) is 11.5 Å². The van der Waals surface area contributed by atoms with E-state index in [9.17, 15) is 4.79 Å². The fourth-order valence-electron chi connectivity index (χ4n) is 1.95. The molecule has 0 saturated heterocycles. The number of nitrogens with two attached hydrogens (primary N) is 2. The zero-order valence-corrected chi connectivity index (χ0v) is 9.76.